The Morgan fingerprint density at radius 3 is 2.53 bits per heavy atom. The Kier molecular flexibility index (Phi) is 3.50. The molecule has 0 bridgehead atoms. The normalized spacial score (nSPS) is 12.1. The molecular weight excluding hydrogens is 302 g/mol. The van der Waals surface area contributed by atoms with E-state index in [-0.39, 0.29) is 5.82 Å². The van der Waals surface area contributed by atoms with Crippen LogP contribution in [-0.4, -0.2) is 28.2 Å². The molecule has 10 heteroatoms. The fraction of sp³-hybridized carbons (Fsp3) is 0.222. The summed E-state index contributed by atoms with van der Waals surface area (Å²) >= 11 is 0. The summed E-state index contributed by atoms with van der Waals surface area (Å²) in [5.74, 6) is 0.0404. The zero-order chi connectivity index (χ0) is 14.2. The number of aryl methyl sites for hydroxylation is 1. The van der Waals surface area contributed by atoms with Crippen LogP contribution in [0.25, 0.3) is 5.82 Å². The van der Waals surface area contributed by atoms with Gasteiger partial charge in [-0.2, -0.15) is 5.10 Å². The van der Waals surface area contributed by atoms with Crippen molar-refractivity contribution in [1.29, 1.82) is 0 Å². The van der Waals surface area contributed by atoms with E-state index in [1.165, 1.54) is 12.4 Å². The predicted molar refractivity (Wildman–Crippen MR) is 61.9 cm³/mol. The summed E-state index contributed by atoms with van der Waals surface area (Å²) in [5.41, 5.74) is -0.174. The minimum atomic E-state index is -4.23. The highest BCUT2D eigenvalue weighted by molar-refractivity contribution is 8.13. The molecule has 0 unspecified atom stereocenters. The molecule has 0 amide bonds. The molecule has 2 rings (SSSR count). The maximum atomic E-state index is 12.6. The van der Waals surface area contributed by atoms with Gasteiger partial charge in [0.25, 0.3) is 15.5 Å². The van der Waals surface area contributed by atoms with Gasteiger partial charge in [0.2, 0.25) is 0 Å². The molecule has 0 saturated carbocycles. The van der Waals surface area contributed by atoms with Gasteiger partial charge in [-0.3, -0.25) is 0 Å². The van der Waals surface area contributed by atoms with Crippen LogP contribution in [-0.2, 0) is 9.05 Å². The van der Waals surface area contributed by atoms with Gasteiger partial charge in [0, 0.05) is 28.5 Å². The van der Waals surface area contributed by atoms with E-state index in [9.17, 15) is 17.2 Å². The van der Waals surface area contributed by atoms with Crippen LogP contribution in [0.3, 0.4) is 0 Å². The molecule has 2 aromatic rings. The summed E-state index contributed by atoms with van der Waals surface area (Å²) in [6.07, 6.45) is -1.75. The van der Waals surface area contributed by atoms with Gasteiger partial charge < -0.3 is 0 Å². The molecule has 0 aromatic carbocycles. The number of alkyl halides is 2. The van der Waals surface area contributed by atoms with E-state index in [0.29, 0.717) is 11.8 Å². The molecule has 6 nitrogen and oxygen atoms in total. The number of nitrogens with zero attached hydrogens (tertiary/aromatic N) is 4. The SMILES string of the molecule is Cc1cc(-n2nc(C(F)F)cc2S(=O)(=O)Cl)ncn1. The summed E-state index contributed by atoms with van der Waals surface area (Å²) in [7, 11) is 0.966. The summed E-state index contributed by atoms with van der Waals surface area (Å²) in [5, 5.41) is 2.93. The summed E-state index contributed by atoms with van der Waals surface area (Å²) < 4.78 is 48.7. The van der Waals surface area contributed by atoms with E-state index in [1.807, 2.05) is 0 Å². The molecule has 19 heavy (non-hydrogen) atoms. The van der Waals surface area contributed by atoms with E-state index in [1.54, 1.807) is 6.92 Å². The van der Waals surface area contributed by atoms with Crippen LogP contribution in [0.2, 0.25) is 0 Å². The van der Waals surface area contributed by atoms with E-state index < -0.39 is 26.2 Å². The predicted octanol–water partition coefficient (Wildman–Crippen LogP) is 1.84. The third kappa shape index (κ3) is 2.87. The first kappa shape index (κ1) is 13.8. The minimum Gasteiger partial charge on any atom is -0.242 e. The average molecular weight is 309 g/mol. The lowest BCUT2D eigenvalue weighted by molar-refractivity contribution is 0.145. The second-order valence-electron chi connectivity index (χ2n) is 3.58. The molecule has 0 aliphatic heterocycles. The number of hydrogen-bond acceptors (Lipinski definition) is 5. The zero-order valence-corrected chi connectivity index (χ0v) is 11.0. The first-order chi connectivity index (χ1) is 8.79. The first-order valence-corrected chi connectivity index (χ1v) is 7.22. The fourth-order valence-corrected chi connectivity index (χ4v) is 2.31. The van der Waals surface area contributed by atoms with Crippen molar-refractivity contribution in [2.24, 2.45) is 0 Å². The average Bonchev–Trinajstić information content (AvgIpc) is 2.73. The smallest absolute Gasteiger partial charge is 0.242 e. The monoisotopic (exact) mass is 308 g/mol. The maximum absolute atomic E-state index is 12.6. The first-order valence-electron chi connectivity index (χ1n) is 4.91. The molecule has 0 saturated heterocycles. The Morgan fingerprint density at radius 1 is 1.32 bits per heavy atom. The van der Waals surface area contributed by atoms with Crippen molar-refractivity contribution in [2.45, 2.75) is 18.4 Å². The van der Waals surface area contributed by atoms with Gasteiger partial charge in [0.1, 0.15) is 12.0 Å². The van der Waals surface area contributed by atoms with Gasteiger partial charge in [-0.15, -0.1) is 0 Å². The van der Waals surface area contributed by atoms with Crippen molar-refractivity contribution in [3.63, 3.8) is 0 Å². The topological polar surface area (TPSA) is 77.7 Å². The van der Waals surface area contributed by atoms with Crippen LogP contribution >= 0.6 is 10.7 Å². The third-order valence-electron chi connectivity index (χ3n) is 2.18. The van der Waals surface area contributed by atoms with Gasteiger partial charge in [-0.25, -0.2) is 31.8 Å². The Balaban J connectivity index is 2.68. The van der Waals surface area contributed by atoms with Crippen LogP contribution in [0.5, 0.6) is 0 Å². The Bertz CT molecular complexity index is 717. The van der Waals surface area contributed by atoms with Gasteiger partial charge in [-0.05, 0) is 6.92 Å². The van der Waals surface area contributed by atoms with Gasteiger partial charge in [0.05, 0.1) is 0 Å². The molecule has 0 N–H and O–H groups in total. The van der Waals surface area contributed by atoms with Crippen molar-refractivity contribution in [2.75, 3.05) is 0 Å². The Hall–Kier alpha value is -1.61. The number of hydrogen-bond donors (Lipinski definition) is 0. The van der Waals surface area contributed by atoms with Gasteiger partial charge in [0.15, 0.2) is 10.8 Å². The second kappa shape index (κ2) is 4.82. The van der Waals surface area contributed by atoms with Gasteiger partial charge in [-0.1, -0.05) is 0 Å². The van der Waals surface area contributed by atoms with E-state index >= 15 is 0 Å². The lowest BCUT2D eigenvalue weighted by Gasteiger charge is -2.03. The highest BCUT2D eigenvalue weighted by Gasteiger charge is 2.24. The Labute approximate surface area is 111 Å². The summed E-state index contributed by atoms with van der Waals surface area (Å²) in [4.78, 5) is 7.59. The standard InChI is InChI=1S/C9H7ClF2N4O2S/c1-5-2-7(14-4-13-5)16-8(19(10,17)18)3-6(15-16)9(11)12/h2-4,9H,1H3. The van der Waals surface area contributed by atoms with Crippen molar-refractivity contribution in [1.82, 2.24) is 19.7 Å². The third-order valence-corrected chi connectivity index (χ3v) is 3.44. The number of rotatable bonds is 3. The van der Waals surface area contributed by atoms with Crippen LogP contribution in [0.4, 0.5) is 8.78 Å². The highest BCUT2D eigenvalue weighted by atomic mass is 35.7. The molecular formula is C9H7ClF2N4O2S. The number of aromatic nitrogens is 4. The highest BCUT2D eigenvalue weighted by Crippen LogP contribution is 2.25. The molecule has 0 radical (unpaired) electrons. The van der Waals surface area contributed by atoms with Crippen LogP contribution < -0.4 is 0 Å². The molecule has 0 spiro atoms. The largest absolute Gasteiger partial charge is 0.282 e. The molecule has 2 heterocycles. The number of halogens is 3. The lowest BCUT2D eigenvalue weighted by atomic mass is 10.4. The molecule has 0 aliphatic carbocycles. The van der Waals surface area contributed by atoms with E-state index in [0.717, 1.165) is 4.68 Å². The Morgan fingerprint density at radius 2 is 2.00 bits per heavy atom. The minimum absolute atomic E-state index is 0.0404. The van der Waals surface area contributed by atoms with Crippen molar-refractivity contribution < 1.29 is 17.2 Å². The van der Waals surface area contributed by atoms with Crippen molar-refractivity contribution >= 4 is 19.7 Å². The van der Waals surface area contributed by atoms with E-state index in [2.05, 4.69) is 15.1 Å². The summed E-state index contributed by atoms with van der Waals surface area (Å²) in [6, 6.07) is 2.11. The van der Waals surface area contributed by atoms with Crippen LogP contribution in [0.1, 0.15) is 17.8 Å². The van der Waals surface area contributed by atoms with Crippen molar-refractivity contribution in [3.05, 3.63) is 29.8 Å². The second-order valence-corrected chi connectivity index (χ2v) is 6.09. The fourth-order valence-electron chi connectivity index (χ4n) is 1.38. The van der Waals surface area contributed by atoms with Crippen LogP contribution in [0.15, 0.2) is 23.5 Å². The molecule has 0 atom stereocenters. The molecule has 0 aliphatic rings. The zero-order valence-electron chi connectivity index (χ0n) is 9.46. The molecule has 2 aromatic heterocycles. The lowest BCUT2D eigenvalue weighted by Crippen LogP contribution is -2.07. The maximum Gasteiger partial charge on any atom is 0.282 e. The van der Waals surface area contributed by atoms with E-state index in [4.69, 9.17) is 10.7 Å². The quantitative estimate of drug-likeness (QED) is 0.808. The molecule has 0 fully saturated rings. The van der Waals surface area contributed by atoms with Crippen molar-refractivity contribution in [3.8, 4) is 5.82 Å². The summed E-state index contributed by atoms with van der Waals surface area (Å²) in [6.45, 7) is 1.64. The van der Waals surface area contributed by atoms with Gasteiger partial charge >= 0.3 is 0 Å². The van der Waals surface area contributed by atoms with Crippen LogP contribution in [0, 0.1) is 6.92 Å². The molecule has 102 valence electrons.